The van der Waals surface area contributed by atoms with Gasteiger partial charge in [-0.3, -0.25) is 9.59 Å². The molecule has 1 N–H and O–H groups in total. The molecule has 7 heteroatoms. The van der Waals surface area contributed by atoms with Gasteiger partial charge in [-0.05, 0) is 38.1 Å². The number of aryl methyl sites for hydroxylation is 1. The van der Waals surface area contributed by atoms with E-state index in [0.29, 0.717) is 18.1 Å². The molecule has 0 saturated carbocycles. The van der Waals surface area contributed by atoms with Crippen LogP contribution in [-0.4, -0.2) is 28.5 Å². The lowest BCUT2D eigenvalue weighted by Crippen LogP contribution is -2.31. The number of hydrogen-bond donors (Lipinski definition) is 1. The summed E-state index contributed by atoms with van der Waals surface area (Å²) >= 11 is 0. The minimum Gasteiger partial charge on any atom is -0.360 e. The molecule has 3 rings (SSSR count). The standard InChI is InChI=1S/C19H18N4O3/c1-3-23(14-8-5-4-6-9-14)19(25)16-11-7-10-15(20-16)18(24)21-17-12-13(2)26-22-17/h4-12H,3H2,1-2H3,(H,21,22,24). The van der Waals surface area contributed by atoms with Crippen molar-refractivity contribution >= 4 is 23.3 Å². The van der Waals surface area contributed by atoms with Crippen molar-refractivity contribution in [3.8, 4) is 0 Å². The van der Waals surface area contributed by atoms with Crippen molar-refractivity contribution < 1.29 is 14.1 Å². The van der Waals surface area contributed by atoms with Crippen LogP contribution in [0.3, 0.4) is 0 Å². The SMILES string of the molecule is CCN(C(=O)c1cccc(C(=O)Nc2cc(C)on2)n1)c1ccccc1. The molecule has 0 unspecified atom stereocenters. The van der Waals surface area contributed by atoms with Crippen molar-refractivity contribution in [3.05, 3.63) is 71.7 Å². The van der Waals surface area contributed by atoms with Crippen molar-refractivity contribution in [2.24, 2.45) is 0 Å². The molecule has 0 aliphatic carbocycles. The zero-order valence-electron chi connectivity index (χ0n) is 14.5. The van der Waals surface area contributed by atoms with E-state index in [9.17, 15) is 9.59 Å². The fourth-order valence-electron chi connectivity index (χ4n) is 2.48. The van der Waals surface area contributed by atoms with E-state index in [0.717, 1.165) is 5.69 Å². The molecule has 26 heavy (non-hydrogen) atoms. The number of amides is 2. The Morgan fingerprint density at radius 3 is 2.46 bits per heavy atom. The average Bonchev–Trinajstić information content (AvgIpc) is 3.08. The molecule has 132 valence electrons. The largest absolute Gasteiger partial charge is 0.360 e. The van der Waals surface area contributed by atoms with Crippen molar-refractivity contribution in [2.45, 2.75) is 13.8 Å². The molecule has 0 saturated heterocycles. The normalized spacial score (nSPS) is 10.4. The van der Waals surface area contributed by atoms with Crippen LogP contribution < -0.4 is 10.2 Å². The smallest absolute Gasteiger partial charge is 0.276 e. The predicted octanol–water partition coefficient (Wildman–Crippen LogP) is 3.30. The number of para-hydroxylation sites is 1. The number of carbonyl (C=O) groups is 2. The van der Waals surface area contributed by atoms with E-state index >= 15 is 0 Å². The lowest BCUT2D eigenvalue weighted by Gasteiger charge is -2.20. The Morgan fingerprint density at radius 1 is 1.08 bits per heavy atom. The van der Waals surface area contributed by atoms with Crippen molar-refractivity contribution in [1.82, 2.24) is 10.1 Å². The number of nitrogens with zero attached hydrogens (tertiary/aromatic N) is 3. The maximum Gasteiger partial charge on any atom is 0.276 e. The van der Waals surface area contributed by atoms with Crippen LogP contribution in [-0.2, 0) is 0 Å². The van der Waals surface area contributed by atoms with Gasteiger partial charge in [-0.2, -0.15) is 0 Å². The Kier molecular flexibility index (Phi) is 5.07. The van der Waals surface area contributed by atoms with Gasteiger partial charge in [0.25, 0.3) is 11.8 Å². The predicted molar refractivity (Wildman–Crippen MR) is 97.2 cm³/mol. The number of nitrogens with one attached hydrogen (secondary N) is 1. The minimum absolute atomic E-state index is 0.126. The van der Waals surface area contributed by atoms with Gasteiger partial charge in [0.1, 0.15) is 17.1 Å². The van der Waals surface area contributed by atoms with E-state index in [4.69, 9.17) is 4.52 Å². The first-order valence-corrected chi connectivity index (χ1v) is 8.17. The van der Waals surface area contributed by atoms with Crippen LogP contribution in [0.4, 0.5) is 11.5 Å². The second-order valence-electron chi connectivity index (χ2n) is 5.57. The van der Waals surface area contributed by atoms with Crippen LogP contribution >= 0.6 is 0 Å². The number of hydrogen-bond acceptors (Lipinski definition) is 5. The number of anilines is 2. The lowest BCUT2D eigenvalue weighted by molar-refractivity contribution is 0.0983. The van der Waals surface area contributed by atoms with Crippen LogP contribution in [0.1, 0.15) is 33.7 Å². The van der Waals surface area contributed by atoms with E-state index in [1.54, 1.807) is 30.0 Å². The van der Waals surface area contributed by atoms with Gasteiger partial charge in [-0.15, -0.1) is 0 Å². The molecular weight excluding hydrogens is 332 g/mol. The maximum absolute atomic E-state index is 12.8. The van der Waals surface area contributed by atoms with Gasteiger partial charge in [0, 0.05) is 18.3 Å². The van der Waals surface area contributed by atoms with Crippen LogP contribution in [0.2, 0.25) is 0 Å². The third kappa shape index (κ3) is 3.77. The highest BCUT2D eigenvalue weighted by Crippen LogP contribution is 2.16. The quantitative estimate of drug-likeness (QED) is 0.763. The summed E-state index contributed by atoms with van der Waals surface area (Å²) in [6, 6.07) is 15.7. The molecule has 7 nitrogen and oxygen atoms in total. The first-order valence-electron chi connectivity index (χ1n) is 8.17. The van der Waals surface area contributed by atoms with Crippen molar-refractivity contribution in [3.63, 3.8) is 0 Å². The van der Waals surface area contributed by atoms with Gasteiger partial charge in [0.2, 0.25) is 0 Å². The van der Waals surface area contributed by atoms with Gasteiger partial charge in [0.05, 0.1) is 0 Å². The van der Waals surface area contributed by atoms with Crippen molar-refractivity contribution in [1.29, 1.82) is 0 Å². The summed E-state index contributed by atoms with van der Waals surface area (Å²) in [6.45, 7) is 4.09. The van der Waals surface area contributed by atoms with Crippen LogP contribution in [0.5, 0.6) is 0 Å². The molecule has 0 aliphatic rings. The van der Waals surface area contributed by atoms with E-state index in [1.165, 1.54) is 6.07 Å². The van der Waals surface area contributed by atoms with Crippen LogP contribution in [0, 0.1) is 6.92 Å². The molecule has 2 amide bonds. The molecule has 0 fully saturated rings. The molecule has 0 bridgehead atoms. The van der Waals surface area contributed by atoms with Crippen molar-refractivity contribution in [2.75, 3.05) is 16.8 Å². The van der Waals surface area contributed by atoms with Gasteiger partial charge in [-0.1, -0.05) is 29.4 Å². The van der Waals surface area contributed by atoms with Gasteiger partial charge in [-0.25, -0.2) is 4.98 Å². The molecule has 0 radical (unpaired) electrons. The van der Waals surface area contributed by atoms with E-state index in [-0.39, 0.29) is 17.3 Å². The molecule has 0 aliphatic heterocycles. The summed E-state index contributed by atoms with van der Waals surface area (Å²) in [7, 11) is 0. The molecule has 0 atom stereocenters. The minimum atomic E-state index is -0.462. The molecule has 3 aromatic rings. The second-order valence-corrected chi connectivity index (χ2v) is 5.57. The number of benzene rings is 1. The molecule has 2 aromatic heterocycles. The topological polar surface area (TPSA) is 88.3 Å². The summed E-state index contributed by atoms with van der Waals surface area (Å²) in [4.78, 5) is 31.0. The highest BCUT2D eigenvalue weighted by molar-refractivity contribution is 6.07. The Morgan fingerprint density at radius 2 is 1.81 bits per heavy atom. The summed E-state index contributed by atoms with van der Waals surface area (Å²) in [5, 5.41) is 6.30. The highest BCUT2D eigenvalue weighted by Gasteiger charge is 2.19. The fraction of sp³-hybridized carbons (Fsp3) is 0.158. The molecular formula is C19H18N4O3. The van der Waals surface area contributed by atoms with E-state index in [2.05, 4.69) is 15.5 Å². The first kappa shape index (κ1) is 17.3. The number of pyridine rings is 1. The third-order valence-electron chi connectivity index (χ3n) is 3.70. The zero-order chi connectivity index (χ0) is 18.5. The van der Waals surface area contributed by atoms with E-state index in [1.807, 2.05) is 37.3 Å². The number of aromatic nitrogens is 2. The zero-order valence-corrected chi connectivity index (χ0v) is 14.5. The average molecular weight is 350 g/mol. The van der Waals surface area contributed by atoms with Gasteiger partial charge < -0.3 is 14.7 Å². The van der Waals surface area contributed by atoms with E-state index < -0.39 is 5.91 Å². The lowest BCUT2D eigenvalue weighted by atomic mass is 10.2. The van der Waals surface area contributed by atoms with Crippen LogP contribution in [0.15, 0.2) is 59.1 Å². The van der Waals surface area contributed by atoms with Gasteiger partial charge in [0.15, 0.2) is 5.82 Å². The monoisotopic (exact) mass is 350 g/mol. The summed E-state index contributed by atoms with van der Waals surface area (Å²) in [5.41, 5.74) is 1.09. The van der Waals surface area contributed by atoms with Gasteiger partial charge >= 0.3 is 0 Å². The Labute approximate surface area is 150 Å². The summed E-state index contributed by atoms with van der Waals surface area (Å²) in [6.07, 6.45) is 0. The fourth-order valence-corrected chi connectivity index (χ4v) is 2.48. The molecule has 2 heterocycles. The first-order chi connectivity index (χ1) is 12.6. The van der Waals surface area contributed by atoms with Crippen LogP contribution in [0.25, 0.3) is 0 Å². The Bertz CT molecular complexity index is 921. The summed E-state index contributed by atoms with van der Waals surface area (Å²) < 4.78 is 4.91. The number of carbonyl (C=O) groups excluding carboxylic acids is 2. The maximum atomic E-state index is 12.8. The Balaban J connectivity index is 1.81. The Hall–Kier alpha value is -3.48. The third-order valence-corrected chi connectivity index (χ3v) is 3.70. The molecule has 0 spiro atoms. The summed E-state index contributed by atoms with van der Waals surface area (Å²) in [5.74, 6) is 0.144. The highest BCUT2D eigenvalue weighted by atomic mass is 16.5. The second kappa shape index (κ2) is 7.60. The molecule has 1 aromatic carbocycles. The number of rotatable bonds is 5.